The van der Waals surface area contributed by atoms with Crippen molar-refractivity contribution in [2.75, 3.05) is 24.4 Å². The third-order valence-corrected chi connectivity index (χ3v) is 5.82. The molecule has 1 N–H and O–H groups in total. The molecule has 1 aliphatic rings. The fraction of sp³-hybridized carbons (Fsp3) is 1.00. The first kappa shape index (κ1) is 12.6. The molecular formula is C8H16ClNO2S2. The standard InChI is InChI=1S/C8H16ClNO2S2/c1-13-8(3-2-4-8)7-10-14(11,12)6-5-9/h10H,2-7H2,1H3. The molecule has 1 fully saturated rings. The zero-order valence-electron chi connectivity index (χ0n) is 8.25. The maximum Gasteiger partial charge on any atom is 0.212 e. The number of thioether (sulfide) groups is 1. The highest BCUT2D eigenvalue weighted by Gasteiger charge is 2.36. The Morgan fingerprint density at radius 2 is 2.14 bits per heavy atom. The summed E-state index contributed by atoms with van der Waals surface area (Å²) in [6.45, 7) is 0.549. The van der Waals surface area contributed by atoms with Crippen LogP contribution in [0.3, 0.4) is 0 Å². The van der Waals surface area contributed by atoms with E-state index in [1.165, 1.54) is 6.42 Å². The molecule has 0 heterocycles. The van der Waals surface area contributed by atoms with Crippen molar-refractivity contribution >= 4 is 33.4 Å². The monoisotopic (exact) mass is 257 g/mol. The van der Waals surface area contributed by atoms with Gasteiger partial charge in [-0.1, -0.05) is 6.42 Å². The lowest BCUT2D eigenvalue weighted by molar-refractivity contribution is 0.362. The third kappa shape index (κ3) is 3.29. The van der Waals surface area contributed by atoms with Crippen LogP contribution in [-0.2, 0) is 10.0 Å². The predicted molar refractivity (Wildman–Crippen MR) is 62.6 cm³/mol. The van der Waals surface area contributed by atoms with E-state index in [2.05, 4.69) is 4.72 Å². The number of alkyl halides is 1. The number of sulfonamides is 1. The van der Waals surface area contributed by atoms with E-state index in [0.29, 0.717) is 6.54 Å². The van der Waals surface area contributed by atoms with Crippen molar-refractivity contribution in [1.82, 2.24) is 4.72 Å². The maximum atomic E-state index is 11.3. The molecule has 0 atom stereocenters. The van der Waals surface area contributed by atoms with Gasteiger partial charge in [-0.3, -0.25) is 0 Å². The van der Waals surface area contributed by atoms with Gasteiger partial charge in [0, 0.05) is 17.2 Å². The zero-order valence-corrected chi connectivity index (χ0v) is 10.6. The highest BCUT2D eigenvalue weighted by molar-refractivity contribution is 8.00. The number of halogens is 1. The molecule has 0 aliphatic heterocycles. The molecule has 3 nitrogen and oxygen atoms in total. The van der Waals surface area contributed by atoms with Crippen LogP contribution in [-0.4, -0.2) is 37.6 Å². The maximum absolute atomic E-state index is 11.3. The molecule has 1 aliphatic carbocycles. The van der Waals surface area contributed by atoms with Crippen molar-refractivity contribution in [3.63, 3.8) is 0 Å². The molecule has 0 saturated heterocycles. The first-order valence-electron chi connectivity index (χ1n) is 4.62. The van der Waals surface area contributed by atoms with E-state index in [0.717, 1.165) is 12.8 Å². The van der Waals surface area contributed by atoms with Gasteiger partial charge in [0.05, 0.1) is 5.75 Å². The lowest BCUT2D eigenvalue weighted by Gasteiger charge is -2.40. The van der Waals surface area contributed by atoms with Gasteiger partial charge in [0.1, 0.15) is 0 Å². The lowest BCUT2D eigenvalue weighted by atomic mass is 9.84. The van der Waals surface area contributed by atoms with Crippen LogP contribution in [0.5, 0.6) is 0 Å². The summed E-state index contributed by atoms with van der Waals surface area (Å²) in [5.74, 6) is 0.167. The Kier molecular flexibility index (Phi) is 4.56. The predicted octanol–water partition coefficient (Wildman–Crippen LogP) is 1.43. The second-order valence-corrected chi connectivity index (χ2v) is 7.15. The lowest BCUT2D eigenvalue weighted by Crippen LogP contribution is -2.45. The van der Waals surface area contributed by atoms with Crippen LogP contribution < -0.4 is 4.72 Å². The van der Waals surface area contributed by atoms with Gasteiger partial charge in [-0.15, -0.1) is 11.6 Å². The Morgan fingerprint density at radius 1 is 1.50 bits per heavy atom. The Hall–Kier alpha value is 0.550. The molecule has 0 radical (unpaired) electrons. The molecule has 0 amide bonds. The van der Waals surface area contributed by atoms with Gasteiger partial charge < -0.3 is 0 Å². The van der Waals surface area contributed by atoms with Crippen LogP contribution in [0, 0.1) is 0 Å². The van der Waals surface area contributed by atoms with Crippen LogP contribution in [0.25, 0.3) is 0 Å². The summed E-state index contributed by atoms with van der Waals surface area (Å²) in [5, 5.41) is 0. The molecule has 0 unspecified atom stereocenters. The minimum atomic E-state index is -3.15. The Labute approximate surface area is 95.0 Å². The van der Waals surface area contributed by atoms with Crippen molar-refractivity contribution in [2.45, 2.75) is 24.0 Å². The molecule has 14 heavy (non-hydrogen) atoms. The fourth-order valence-corrected chi connectivity index (χ4v) is 3.90. The van der Waals surface area contributed by atoms with Gasteiger partial charge in [0.25, 0.3) is 0 Å². The summed E-state index contributed by atoms with van der Waals surface area (Å²) in [7, 11) is -3.15. The van der Waals surface area contributed by atoms with E-state index < -0.39 is 10.0 Å². The largest absolute Gasteiger partial charge is 0.214 e. The average molecular weight is 258 g/mol. The number of hydrogen-bond acceptors (Lipinski definition) is 3. The van der Waals surface area contributed by atoms with E-state index in [1.54, 1.807) is 11.8 Å². The minimum Gasteiger partial charge on any atom is -0.214 e. The van der Waals surface area contributed by atoms with Gasteiger partial charge in [-0.25, -0.2) is 13.1 Å². The molecule has 0 bridgehead atoms. The Morgan fingerprint density at radius 3 is 2.50 bits per heavy atom. The van der Waals surface area contributed by atoms with Crippen LogP contribution >= 0.6 is 23.4 Å². The molecular weight excluding hydrogens is 242 g/mol. The summed E-state index contributed by atoms with van der Waals surface area (Å²) in [4.78, 5) is 0. The van der Waals surface area contributed by atoms with E-state index in [9.17, 15) is 8.42 Å². The van der Waals surface area contributed by atoms with E-state index in [1.807, 2.05) is 6.26 Å². The van der Waals surface area contributed by atoms with Gasteiger partial charge >= 0.3 is 0 Å². The van der Waals surface area contributed by atoms with Crippen molar-refractivity contribution < 1.29 is 8.42 Å². The van der Waals surface area contributed by atoms with E-state index in [-0.39, 0.29) is 16.4 Å². The van der Waals surface area contributed by atoms with Crippen molar-refractivity contribution in [3.05, 3.63) is 0 Å². The highest BCUT2D eigenvalue weighted by Crippen LogP contribution is 2.42. The van der Waals surface area contributed by atoms with E-state index >= 15 is 0 Å². The summed E-state index contributed by atoms with van der Waals surface area (Å²) in [6, 6.07) is 0. The van der Waals surface area contributed by atoms with Gasteiger partial charge in [-0.2, -0.15) is 11.8 Å². The van der Waals surface area contributed by atoms with Crippen LogP contribution in [0.15, 0.2) is 0 Å². The zero-order chi connectivity index (χ0) is 10.7. The van der Waals surface area contributed by atoms with Gasteiger partial charge in [-0.05, 0) is 19.1 Å². The molecule has 0 aromatic rings. The van der Waals surface area contributed by atoms with Crippen LogP contribution in [0.4, 0.5) is 0 Å². The number of rotatable bonds is 6. The van der Waals surface area contributed by atoms with Crippen molar-refractivity contribution in [1.29, 1.82) is 0 Å². The van der Waals surface area contributed by atoms with Crippen molar-refractivity contribution in [3.8, 4) is 0 Å². The highest BCUT2D eigenvalue weighted by atomic mass is 35.5. The smallest absolute Gasteiger partial charge is 0.212 e. The van der Waals surface area contributed by atoms with Crippen LogP contribution in [0.2, 0.25) is 0 Å². The van der Waals surface area contributed by atoms with Gasteiger partial charge in [0.2, 0.25) is 10.0 Å². The fourth-order valence-electron chi connectivity index (χ4n) is 1.44. The molecule has 0 aromatic carbocycles. The van der Waals surface area contributed by atoms with E-state index in [4.69, 9.17) is 11.6 Å². The SMILES string of the molecule is CSC1(CNS(=O)(=O)CCCl)CCC1. The third-order valence-electron chi connectivity index (χ3n) is 2.66. The molecule has 1 rings (SSSR count). The summed E-state index contributed by atoms with van der Waals surface area (Å²) >= 11 is 7.15. The molecule has 6 heteroatoms. The summed E-state index contributed by atoms with van der Waals surface area (Å²) in [6.07, 6.45) is 5.46. The summed E-state index contributed by atoms with van der Waals surface area (Å²) < 4.78 is 25.4. The number of hydrogen-bond donors (Lipinski definition) is 1. The molecule has 1 saturated carbocycles. The average Bonchev–Trinajstić information content (AvgIpc) is 2.03. The van der Waals surface area contributed by atoms with Crippen molar-refractivity contribution in [2.24, 2.45) is 0 Å². The second kappa shape index (κ2) is 5.05. The first-order valence-corrected chi connectivity index (χ1v) is 8.03. The minimum absolute atomic E-state index is 0.0129. The summed E-state index contributed by atoms with van der Waals surface area (Å²) in [5.41, 5.74) is 0. The van der Waals surface area contributed by atoms with Crippen LogP contribution in [0.1, 0.15) is 19.3 Å². The Balaban J connectivity index is 2.39. The molecule has 0 spiro atoms. The molecule has 84 valence electrons. The van der Waals surface area contributed by atoms with Gasteiger partial charge in [0.15, 0.2) is 0 Å². The quantitative estimate of drug-likeness (QED) is 0.733. The first-order chi connectivity index (χ1) is 6.54. The normalized spacial score (nSPS) is 20.4. The second-order valence-electron chi connectivity index (χ2n) is 3.57. The molecule has 0 aromatic heterocycles. The topological polar surface area (TPSA) is 46.2 Å². The number of nitrogens with one attached hydrogen (secondary N) is 1. The Bertz CT molecular complexity index is 270.